The van der Waals surface area contributed by atoms with Gasteiger partial charge in [0.05, 0.1) is 12.6 Å². The number of rotatable bonds is 4. The van der Waals surface area contributed by atoms with Crippen LogP contribution in [-0.4, -0.2) is 49.9 Å². The van der Waals surface area contributed by atoms with E-state index in [9.17, 15) is 9.90 Å². The topological polar surface area (TPSA) is 99.7 Å². The van der Waals surface area contributed by atoms with Crippen LogP contribution in [0.5, 0.6) is 0 Å². The van der Waals surface area contributed by atoms with Gasteiger partial charge in [-0.2, -0.15) is 4.98 Å². The number of hydrogen-bond acceptors (Lipinski definition) is 6. The normalized spacial score (nSPS) is 28.7. The summed E-state index contributed by atoms with van der Waals surface area (Å²) in [5.74, 6) is 0.622. The van der Waals surface area contributed by atoms with Crippen LogP contribution in [0.25, 0.3) is 0 Å². The Hall–Kier alpha value is -1.47. The van der Waals surface area contributed by atoms with E-state index in [1.807, 2.05) is 0 Å². The second-order valence-corrected chi connectivity index (χ2v) is 5.00. The van der Waals surface area contributed by atoms with Gasteiger partial charge < -0.3 is 14.7 Å². The molecule has 0 amide bonds. The third-order valence-corrected chi connectivity index (χ3v) is 3.42. The van der Waals surface area contributed by atoms with Crippen LogP contribution in [0.15, 0.2) is 4.52 Å². The minimum Gasteiger partial charge on any atom is -0.480 e. The van der Waals surface area contributed by atoms with Crippen LogP contribution < -0.4 is 0 Å². The number of aliphatic hydroxyl groups excluding tert-OH is 1. The molecule has 1 saturated carbocycles. The van der Waals surface area contributed by atoms with Gasteiger partial charge in [-0.3, -0.25) is 9.69 Å². The third-order valence-electron chi connectivity index (χ3n) is 3.42. The molecule has 2 heterocycles. The number of carbonyl (C=O) groups is 1. The largest absolute Gasteiger partial charge is 0.480 e. The molecule has 98 valence electrons. The van der Waals surface area contributed by atoms with Crippen molar-refractivity contribution in [2.24, 2.45) is 0 Å². The molecule has 2 fully saturated rings. The van der Waals surface area contributed by atoms with Gasteiger partial charge in [-0.15, -0.1) is 0 Å². The second-order valence-electron chi connectivity index (χ2n) is 5.00. The Morgan fingerprint density at radius 3 is 2.94 bits per heavy atom. The van der Waals surface area contributed by atoms with Gasteiger partial charge in [-0.25, -0.2) is 0 Å². The molecule has 1 aliphatic carbocycles. The zero-order chi connectivity index (χ0) is 12.7. The Balaban J connectivity index is 1.68. The summed E-state index contributed by atoms with van der Waals surface area (Å²) in [6, 6.07) is -0.664. The molecule has 2 aliphatic rings. The molecule has 0 bridgehead atoms. The van der Waals surface area contributed by atoms with Crippen molar-refractivity contribution in [3.8, 4) is 0 Å². The fourth-order valence-electron chi connectivity index (χ4n) is 2.32. The van der Waals surface area contributed by atoms with Gasteiger partial charge in [0, 0.05) is 18.9 Å². The Kier molecular flexibility index (Phi) is 2.79. The van der Waals surface area contributed by atoms with E-state index in [-0.39, 0.29) is 6.42 Å². The summed E-state index contributed by atoms with van der Waals surface area (Å²) in [7, 11) is 0. The van der Waals surface area contributed by atoms with E-state index < -0.39 is 18.1 Å². The lowest BCUT2D eigenvalue weighted by Crippen LogP contribution is -2.35. The number of aliphatic hydroxyl groups is 1. The molecular formula is C11H15N3O4. The molecule has 1 aliphatic heterocycles. The fraction of sp³-hybridized carbons (Fsp3) is 0.727. The van der Waals surface area contributed by atoms with Crippen LogP contribution in [0.4, 0.5) is 0 Å². The summed E-state index contributed by atoms with van der Waals surface area (Å²) in [5.41, 5.74) is 0. The smallest absolute Gasteiger partial charge is 0.321 e. The molecule has 7 heteroatoms. The van der Waals surface area contributed by atoms with Crippen molar-refractivity contribution in [2.45, 2.75) is 43.9 Å². The summed E-state index contributed by atoms with van der Waals surface area (Å²) in [6.45, 7) is 0.647. The number of carboxylic acid groups (broad SMARTS) is 1. The van der Waals surface area contributed by atoms with E-state index in [1.54, 1.807) is 4.90 Å². The molecule has 2 N–H and O–H groups in total. The van der Waals surface area contributed by atoms with E-state index >= 15 is 0 Å². The van der Waals surface area contributed by atoms with Crippen LogP contribution in [0.1, 0.15) is 36.9 Å². The first kappa shape index (κ1) is 11.6. The maximum absolute atomic E-state index is 11.1. The first-order valence-electron chi connectivity index (χ1n) is 6.11. The Morgan fingerprint density at radius 2 is 2.28 bits per heavy atom. The fourth-order valence-corrected chi connectivity index (χ4v) is 2.32. The van der Waals surface area contributed by atoms with Crippen LogP contribution in [0.2, 0.25) is 0 Å². The van der Waals surface area contributed by atoms with Crippen molar-refractivity contribution in [1.29, 1.82) is 0 Å². The molecule has 1 aromatic heterocycles. The highest BCUT2D eigenvalue weighted by molar-refractivity contribution is 5.74. The number of hydrogen-bond donors (Lipinski definition) is 2. The molecule has 18 heavy (non-hydrogen) atoms. The van der Waals surface area contributed by atoms with E-state index in [0.29, 0.717) is 30.7 Å². The van der Waals surface area contributed by atoms with Crippen molar-refractivity contribution < 1.29 is 19.5 Å². The quantitative estimate of drug-likeness (QED) is 0.777. The van der Waals surface area contributed by atoms with E-state index in [4.69, 9.17) is 9.63 Å². The molecule has 7 nitrogen and oxygen atoms in total. The lowest BCUT2D eigenvalue weighted by atomic mass is 10.2. The van der Waals surface area contributed by atoms with Crippen molar-refractivity contribution >= 4 is 5.97 Å². The molecule has 2 unspecified atom stereocenters. The van der Waals surface area contributed by atoms with Crippen LogP contribution in [0, 0.1) is 0 Å². The molecule has 0 radical (unpaired) electrons. The van der Waals surface area contributed by atoms with Gasteiger partial charge in [-0.1, -0.05) is 5.16 Å². The van der Waals surface area contributed by atoms with E-state index in [0.717, 1.165) is 12.8 Å². The second kappa shape index (κ2) is 4.33. The zero-order valence-electron chi connectivity index (χ0n) is 9.82. The molecule has 3 rings (SSSR count). The van der Waals surface area contributed by atoms with Crippen LogP contribution in [-0.2, 0) is 11.3 Å². The Labute approximate surface area is 103 Å². The molecule has 1 saturated heterocycles. The molecule has 2 atom stereocenters. The summed E-state index contributed by atoms with van der Waals surface area (Å²) in [5, 5.41) is 22.5. The maximum atomic E-state index is 11.1. The van der Waals surface area contributed by atoms with Crippen LogP contribution >= 0.6 is 0 Å². The number of aromatic nitrogens is 2. The number of likely N-dealkylation sites (tertiary alicyclic amines) is 1. The lowest BCUT2D eigenvalue weighted by molar-refractivity contribution is -0.142. The van der Waals surface area contributed by atoms with Crippen LogP contribution in [0.3, 0.4) is 0 Å². The molecule has 0 aromatic carbocycles. The first-order valence-corrected chi connectivity index (χ1v) is 6.11. The van der Waals surface area contributed by atoms with E-state index in [1.165, 1.54) is 0 Å². The number of β-amino-alcohol motifs (C(OH)–C–C–N with tert-alkyl or cyclic N) is 1. The van der Waals surface area contributed by atoms with E-state index in [2.05, 4.69) is 10.1 Å². The predicted molar refractivity (Wildman–Crippen MR) is 58.7 cm³/mol. The average molecular weight is 253 g/mol. The summed E-state index contributed by atoms with van der Waals surface area (Å²) in [4.78, 5) is 17.0. The standard InChI is InChI=1S/C11H15N3O4/c15-7-3-8(11(16)17)14(4-7)5-9-12-10(18-13-9)6-1-2-6/h6-8,15H,1-5H2,(H,16,17). The molecular weight excluding hydrogens is 238 g/mol. The number of aliphatic carboxylic acids is 1. The van der Waals surface area contributed by atoms with Crippen molar-refractivity contribution in [3.05, 3.63) is 11.7 Å². The Morgan fingerprint density at radius 1 is 1.50 bits per heavy atom. The molecule has 1 aromatic rings. The minimum absolute atomic E-state index is 0.253. The minimum atomic E-state index is -0.919. The monoisotopic (exact) mass is 253 g/mol. The van der Waals surface area contributed by atoms with Gasteiger partial charge in [0.15, 0.2) is 5.82 Å². The Bertz CT molecular complexity index is 457. The van der Waals surface area contributed by atoms with Gasteiger partial charge >= 0.3 is 5.97 Å². The summed E-state index contributed by atoms with van der Waals surface area (Å²) in [6.07, 6.45) is 1.83. The average Bonchev–Trinajstić information content (AvgIpc) is 2.95. The summed E-state index contributed by atoms with van der Waals surface area (Å²) < 4.78 is 5.12. The SMILES string of the molecule is O=C(O)C1CC(O)CN1Cc1noc(C2CC2)n1. The summed E-state index contributed by atoms with van der Waals surface area (Å²) >= 11 is 0. The predicted octanol–water partition coefficient (Wildman–Crippen LogP) is -0.0332. The van der Waals surface area contributed by atoms with Gasteiger partial charge in [0.1, 0.15) is 6.04 Å². The highest BCUT2D eigenvalue weighted by Crippen LogP contribution is 2.38. The van der Waals surface area contributed by atoms with Gasteiger partial charge in [-0.05, 0) is 12.8 Å². The van der Waals surface area contributed by atoms with Crippen molar-refractivity contribution in [1.82, 2.24) is 15.0 Å². The lowest BCUT2D eigenvalue weighted by Gasteiger charge is -2.18. The van der Waals surface area contributed by atoms with Crippen molar-refractivity contribution in [3.63, 3.8) is 0 Å². The van der Waals surface area contributed by atoms with Crippen molar-refractivity contribution in [2.75, 3.05) is 6.54 Å². The number of carboxylic acids is 1. The highest BCUT2D eigenvalue weighted by Gasteiger charge is 2.37. The van der Waals surface area contributed by atoms with Gasteiger partial charge in [0.25, 0.3) is 0 Å². The van der Waals surface area contributed by atoms with Gasteiger partial charge in [0.2, 0.25) is 5.89 Å². The maximum Gasteiger partial charge on any atom is 0.321 e. The molecule has 0 spiro atoms. The first-order chi connectivity index (χ1) is 8.63. The highest BCUT2D eigenvalue weighted by atomic mass is 16.5. The third kappa shape index (κ3) is 2.23. The zero-order valence-corrected chi connectivity index (χ0v) is 9.82. The number of nitrogens with zero attached hydrogens (tertiary/aromatic N) is 3.